The van der Waals surface area contributed by atoms with Gasteiger partial charge in [-0.3, -0.25) is 0 Å². The van der Waals surface area contributed by atoms with Gasteiger partial charge in [-0.05, 0) is 75.0 Å². The first kappa shape index (κ1) is 21.1. The molecule has 0 aliphatic heterocycles. The second kappa shape index (κ2) is 8.40. The van der Waals surface area contributed by atoms with Crippen LogP contribution in [0.2, 0.25) is 5.02 Å². The third-order valence-electron chi connectivity index (χ3n) is 4.24. The number of sulfonamides is 1. The quantitative estimate of drug-likeness (QED) is 0.477. The molecule has 3 rings (SSSR count). The molecular formula is C19H19ClN4O3S2. The Labute approximate surface area is 179 Å². The van der Waals surface area contributed by atoms with E-state index in [0.29, 0.717) is 27.1 Å². The lowest BCUT2D eigenvalue weighted by Gasteiger charge is -2.12. The Bertz CT molecular complexity index is 1160. The van der Waals surface area contributed by atoms with E-state index < -0.39 is 10.0 Å². The first-order valence-corrected chi connectivity index (χ1v) is 10.8. The fourth-order valence-corrected chi connectivity index (χ4v) is 3.84. The van der Waals surface area contributed by atoms with E-state index in [9.17, 15) is 8.42 Å². The van der Waals surface area contributed by atoms with E-state index in [1.807, 2.05) is 19.1 Å². The lowest BCUT2D eigenvalue weighted by Crippen LogP contribution is -2.19. The van der Waals surface area contributed by atoms with Crippen LogP contribution in [0.3, 0.4) is 0 Å². The average Bonchev–Trinajstić information content (AvgIpc) is 2.97. The van der Waals surface area contributed by atoms with Crippen LogP contribution in [0.4, 0.5) is 17.3 Å². The molecule has 0 atom stereocenters. The summed E-state index contributed by atoms with van der Waals surface area (Å²) in [4.78, 5) is 0.0840. The number of hydrogen-bond donors (Lipinski definition) is 3. The Morgan fingerprint density at radius 3 is 2.24 bits per heavy atom. The van der Waals surface area contributed by atoms with Gasteiger partial charge in [0.15, 0.2) is 5.11 Å². The largest absolute Gasteiger partial charge is 0.337 e. The topological polar surface area (TPSA) is 96.3 Å². The molecule has 0 amide bonds. The van der Waals surface area contributed by atoms with Gasteiger partial charge < -0.3 is 15.2 Å². The smallest absolute Gasteiger partial charge is 0.264 e. The Morgan fingerprint density at radius 1 is 1.03 bits per heavy atom. The highest BCUT2D eigenvalue weighted by Gasteiger charge is 2.19. The average molecular weight is 451 g/mol. The number of anilines is 3. The third-order valence-corrected chi connectivity index (χ3v) is 6.19. The number of nitrogens with one attached hydrogen (secondary N) is 3. The molecule has 0 fully saturated rings. The number of aromatic nitrogens is 1. The van der Waals surface area contributed by atoms with Gasteiger partial charge in [-0.25, -0.2) is 13.1 Å². The Hall–Kier alpha value is -2.62. The van der Waals surface area contributed by atoms with Gasteiger partial charge in [-0.15, -0.1) is 0 Å². The van der Waals surface area contributed by atoms with Crippen molar-refractivity contribution in [1.29, 1.82) is 0 Å². The summed E-state index contributed by atoms with van der Waals surface area (Å²) in [5.41, 5.74) is 3.61. The van der Waals surface area contributed by atoms with Crippen molar-refractivity contribution in [2.75, 3.05) is 15.4 Å². The number of halogens is 1. The highest BCUT2D eigenvalue weighted by Crippen LogP contribution is 2.23. The molecule has 0 unspecified atom stereocenters. The van der Waals surface area contributed by atoms with Crippen LogP contribution in [-0.4, -0.2) is 18.7 Å². The number of aryl methyl sites for hydroxylation is 2. The molecule has 0 spiro atoms. The van der Waals surface area contributed by atoms with Crippen molar-refractivity contribution in [2.24, 2.45) is 0 Å². The summed E-state index contributed by atoms with van der Waals surface area (Å²) < 4.78 is 32.5. The van der Waals surface area contributed by atoms with Gasteiger partial charge in [-0.1, -0.05) is 22.8 Å². The van der Waals surface area contributed by atoms with Crippen molar-refractivity contribution in [2.45, 2.75) is 25.7 Å². The first-order valence-electron chi connectivity index (χ1n) is 8.55. The lowest BCUT2D eigenvalue weighted by molar-refractivity contribution is 0.430. The molecule has 0 aliphatic carbocycles. The zero-order chi connectivity index (χ0) is 21.2. The predicted molar refractivity (Wildman–Crippen MR) is 119 cm³/mol. The maximum atomic E-state index is 12.5. The highest BCUT2D eigenvalue weighted by molar-refractivity contribution is 7.92. The van der Waals surface area contributed by atoms with Gasteiger partial charge in [0.25, 0.3) is 10.0 Å². The SMILES string of the molecule is Cc1ccc(NC(=S)Nc2ccc(S(=O)(=O)Nc3onc(C)c3C)cc2)cc1Cl. The minimum atomic E-state index is -3.80. The molecular weight excluding hydrogens is 432 g/mol. The summed E-state index contributed by atoms with van der Waals surface area (Å²) in [6, 6.07) is 11.7. The number of nitrogens with zero attached hydrogens (tertiary/aromatic N) is 1. The summed E-state index contributed by atoms with van der Waals surface area (Å²) in [7, 11) is -3.80. The number of hydrogen-bond acceptors (Lipinski definition) is 5. The van der Waals surface area contributed by atoms with Gasteiger partial charge in [0.1, 0.15) is 0 Å². The summed E-state index contributed by atoms with van der Waals surface area (Å²) >= 11 is 11.4. The van der Waals surface area contributed by atoms with Gasteiger partial charge in [-0.2, -0.15) is 0 Å². The van der Waals surface area contributed by atoms with Gasteiger partial charge in [0.2, 0.25) is 5.88 Å². The molecule has 0 radical (unpaired) electrons. The van der Waals surface area contributed by atoms with Crippen LogP contribution in [-0.2, 0) is 10.0 Å². The molecule has 1 heterocycles. The van der Waals surface area contributed by atoms with Crippen LogP contribution >= 0.6 is 23.8 Å². The van der Waals surface area contributed by atoms with Crippen molar-refractivity contribution in [1.82, 2.24) is 5.16 Å². The van der Waals surface area contributed by atoms with Crippen molar-refractivity contribution >= 4 is 56.2 Å². The van der Waals surface area contributed by atoms with E-state index in [4.69, 9.17) is 28.3 Å². The molecule has 29 heavy (non-hydrogen) atoms. The van der Waals surface area contributed by atoms with Crippen LogP contribution < -0.4 is 15.4 Å². The number of thiocarbonyl (C=S) groups is 1. The molecule has 1 aromatic heterocycles. The molecule has 7 nitrogen and oxygen atoms in total. The molecule has 10 heteroatoms. The third kappa shape index (κ3) is 5.06. The van der Waals surface area contributed by atoms with E-state index in [1.165, 1.54) is 12.1 Å². The molecule has 0 saturated carbocycles. The number of benzene rings is 2. The second-order valence-electron chi connectivity index (χ2n) is 6.40. The van der Waals surface area contributed by atoms with Crippen molar-refractivity contribution < 1.29 is 12.9 Å². The second-order valence-corrected chi connectivity index (χ2v) is 8.89. The van der Waals surface area contributed by atoms with Crippen molar-refractivity contribution in [3.05, 3.63) is 64.3 Å². The van der Waals surface area contributed by atoms with Gasteiger partial charge in [0, 0.05) is 22.0 Å². The van der Waals surface area contributed by atoms with Crippen LogP contribution in [0.1, 0.15) is 16.8 Å². The Morgan fingerprint density at radius 2 is 1.66 bits per heavy atom. The summed E-state index contributed by atoms with van der Waals surface area (Å²) in [6.45, 7) is 5.38. The molecule has 3 N–H and O–H groups in total. The molecule has 0 aliphatic rings. The summed E-state index contributed by atoms with van der Waals surface area (Å²) in [6.07, 6.45) is 0. The van der Waals surface area contributed by atoms with E-state index in [2.05, 4.69) is 20.5 Å². The highest BCUT2D eigenvalue weighted by atomic mass is 35.5. The van der Waals surface area contributed by atoms with Crippen molar-refractivity contribution in [3.63, 3.8) is 0 Å². The van der Waals surface area contributed by atoms with Gasteiger partial charge in [0.05, 0.1) is 10.6 Å². The fourth-order valence-electron chi connectivity index (χ4n) is 2.37. The Kier molecular flexibility index (Phi) is 6.11. The van der Waals surface area contributed by atoms with Crippen LogP contribution in [0.15, 0.2) is 51.9 Å². The molecule has 3 aromatic rings. The van der Waals surface area contributed by atoms with Gasteiger partial charge >= 0.3 is 0 Å². The maximum absolute atomic E-state index is 12.5. The standard InChI is InChI=1S/C19H19ClN4O3S2/c1-11-4-5-15(10-17(11)20)22-19(28)21-14-6-8-16(9-7-14)29(25,26)24-18-12(2)13(3)23-27-18/h4-10,24H,1-3H3,(H2,21,22,28). The van der Waals surface area contributed by atoms with E-state index in [1.54, 1.807) is 32.0 Å². The van der Waals surface area contributed by atoms with E-state index in [0.717, 1.165) is 11.3 Å². The van der Waals surface area contributed by atoms with E-state index in [-0.39, 0.29) is 10.8 Å². The summed E-state index contributed by atoms with van der Waals surface area (Å²) in [5.74, 6) is 0.104. The molecule has 0 saturated heterocycles. The molecule has 2 aromatic carbocycles. The zero-order valence-electron chi connectivity index (χ0n) is 15.9. The first-order chi connectivity index (χ1) is 13.7. The lowest BCUT2D eigenvalue weighted by atomic mass is 10.2. The molecule has 0 bridgehead atoms. The van der Waals surface area contributed by atoms with Crippen LogP contribution in [0.25, 0.3) is 0 Å². The predicted octanol–water partition coefficient (Wildman–Crippen LogP) is 4.86. The fraction of sp³-hybridized carbons (Fsp3) is 0.158. The Balaban J connectivity index is 1.66. The minimum Gasteiger partial charge on any atom is -0.337 e. The zero-order valence-corrected chi connectivity index (χ0v) is 18.3. The number of rotatable bonds is 5. The normalized spacial score (nSPS) is 11.2. The molecule has 152 valence electrons. The maximum Gasteiger partial charge on any atom is 0.264 e. The summed E-state index contributed by atoms with van der Waals surface area (Å²) in [5, 5.41) is 10.8. The van der Waals surface area contributed by atoms with Crippen LogP contribution in [0.5, 0.6) is 0 Å². The van der Waals surface area contributed by atoms with Crippen LogP contribution in [0, 0.1) is 20.8 Å². The van der Waals surface area contributed by atoms with E-state index >= 15 is 0 Å². The monoisotopic (exact) mass is 450 g/mol. The minimum absolute atomic E-state index is 0.0840. The van der Waals surface area contributed by atoms with Crippen molar-refractivity contribution in [3.8, 4) is 0 Å².